The van der Waals surface area contributed by atoms with Gasteiger partial charge in [0, 0.05) is 35.8 Å². The van der Waals surface area contributed by atoms with Crippen molar-refractivity contribution in [1.29, 1.82) is 0 Å². The standard InChI is InChI=1S/C12H15N3S2/c1-15-7-6-14-12(15)17-11-5-3-4-10(16-2)9(11)8-13/h3-7H,8,13H2,1-2H3. The first-order valence-corrected chi connectivity index (χ1v) is 7.31. The van der Waals surface area contributed by atoms with E-state index in [-0.39, 0.29) is 0 Å². The summed E-state index contributed by atoms with van der Waals surface area (Å²) in [6.45, 7) is 0.559. The van der Waals surface area contributed by atoms with Gasteiger partial charge < -0.3 is 10.3 Å². The molecule has 0 fully saturated rings. The van der Waals surface area contributed by atoms with Crippen LogP contribution in [-0.4, -0.2) is 15.8 Å². The molecular formula is C12H15N3S2. The van der Waals surface area contributed by atoms with Crippen LogP contribution in [0.1, 0.15) is 5.56 Å². The molecule has 1 heterocycles. The molecular weight excluding hydrogens is 250 g/mol. The van der Waals surface area contributed by atoms with E-state index in [1.807, 2.05) is 24.0 Å². The number of aryl methyl sites for hydroxylation is 1. The van der Waals surface area contributed by atoms with Crippen LogP contribution in [0.5, 0.6) is 0 Å². The molecule has 3 nitrogen and oxygen atoms in total. The van der Waals surface area contributed by atoms with E-state index < -0.39 is 0 Å². The van der Waals surface area contributed by atoms with Gasteiger partial charge in [0.15, 0.2) is 5.16 Å². The molecule has 90 valence electrons. The van der Waals surface area contributed by atoms with Crippen molar-refractivity contribution in [3.05, 3.63) is 36.2 Å². The summed E-state index contributed by atoms with van der Waals surface area (Å²) in [5.74, 6) is 0. The minimum absolute atomic E-state index is 0.559. The molecule has 17 heavy (non-hydrogen) atoms. The Morgan fingerprint density at radius 2 is 2.12 bits per heavy atom. The Balaban J connectivity index is 2.36. The van der Waals surface area contributed by atoms with Gasteiger partial charge in [-0.2, -0.15) is 0 Å². The van der Waals surface area contributed by atoms with Crippen LogP contribution in [0.4, 0.5) is 0 Å². The predicted octanol–water partition coefficient (Wildman–Crippen LogP) is 2.75. The van der Waals surface area contributed by atoms with Crippen molar-refractivity contribution in [1.82, 2.24) is 9.55 Å². The first kappa shape index (κ1) is 12.5. The van der Waals surface area contributed by atoms with Gasteiger partial charge in [0.25, 0.3) is 0 Å². The molecule has 2 rings (SSSR count). The average molecular weight is 265 g/mol. The van der Waals surface area contributed by atoms with Gasteiger partial charge in [0.1, 0.15) is 0 Å². The van der Waals surface area contributed by atoms with Gasteiger partial charge >= 0.3 is 0 Å². The van der Waals surface area contributed by atoms with E-state index in [9.17, 15) is 0 Å². The molecule has 0 saturated heterocycles. The zero-order valence-electron chi connectivity index (χ0n) is 9.88. The van der Waals surface area contributed by atoms with E-state index in [1.165, 1.54) is 15.4 Å². The second-order valence-electron chi connectivity index (χ2n) is 3.56. The van der Waals surface area contributed by atoms with Crippen LogP contribution in [-0.2, 0) is 13.6 Å². The highest BCUT2D eigenvalue weighted by atomic mass is 32.2. The van der Waals surface area contributed by atoms with Gasteiger partial charge in [-0.3, -0.25) is 0 Å². The fourth-order valence-corrected chi connectivity index (χ4v) is 3.28. The van der Waals surface area contributed by atoms with Crippen LogP contribution in [0, 0.1) is 0 Å². The largest absolute Gasteiger partial charge is 0.329 e. The third kappa shape index (κ3) is 2.68. The number of imidazole rings is 1. The number of nitrogens with zero attached hydrogens (tertiary/aromatic N) is 2. The lowest BCUT2D eigenvalue weighted by molar-refractivity contribution is 0.789. The number of benzene rings is 1. The Labute approximate surface area is 110 Å². The molecule has 0 saturated carbocycles. The quantitative estimate of drug-likeness (QED) is 0.863. The van der Waals surface area contributed by atoms with Crippen LogP contribution in [0.15, 0.2) is 45.5 Å². The third-order valence-electron chi connectivity index (χ3n) is 2.49. The predicted molar refractivity (Wildman–Crippen MR) is 73.4 cm³/mol. The second kappa shape index (κ2) is 5.62. The molecule has 5 heteroatoms. The van der Waals surface area contributed by atoms with Gasteiger partial charge in [-0.1, -0.05) is 17.8 Å². The van der Waals surface area contributed by atoms with Crippen molar-refractivity contribution in [2.45, 2.75) is 21.5 Å². The van der Waals surface area contributed by atoms with Crippen molar-refractivity contribution in [2.75, 3.05) is 6.26 Å². The first-order valence-electron chi connectivity index (χ1n) is 5.27. The zero-order chi connectivity index (χ0) is 12.3. The van der Waals surface area contributed by atoms with E-state index in [2.05, 4.69) is 29.4 Å². The molecule has 0 bridgehead atoms. The van der Waals surface area contributed by atoms with E-state index in [1.54, 1.807) is 23.5 Å². The molecule has 0 aliphatic heterocycles. The molecule has 1 aromatic heterocycles. The Hall–Kier alpha value is -0.910. The second-order valence-corrected chi connectivity index (χ2v) is 5.42. The highest BCUT2D eigenvalue weighted by molar-refractivity contribution is 7.99. The molecule has 0 atom stereocenters. The number of hydrogen-bond donors (Lipinski definition) is 1. The van der Waals surface area contributed by atoms with Crippen LogP contribution in [0.25, 0.3) is 0 Å². The molecule has 0 aliphatic carbocycles. The van der Waals surface area contributed by atoms with E-state index in [0.717, 1.165) is 5.16 Å². The summed E-state index contributed by atoms with van der Waals surface area (Å²) in [6, 6.07) is 6.27. The fraction of sp³-hybridized carbons (Fsp3) is 0.250. The lowest BCUT2D eigenvalue weighted by atomic mass is 10.2. The van der Waals surface area contributed by atoms with Crippen LogP contribution in [0.3, 0.4) is 0 Å². The number of nitrogens with two attached hydrogens (primary N) is 1. The van der Waals surface area contributed by atoms with Crippen molar-refractivity contribution in [3.63, 3.8) is 0 Å². The lowest BCUT2D eigenvalue weighted by Gasteiger charge is -2.11. The first-order chi connectivity index (χ1) is 8.26. The van der Waals surface area contributed by atoms with E-state index in [4.69, 9.17) is 5.73 Å². The minimum Gasteiger partial charge on any atom is -0.329 e. The van der Waals surface area contributed by atoms with Gasteiger partial charge in [0.05, 0.1) is 0 Å². The van der Waals surface area contributed by atoms with Gasteiger partial charge in [-0.25, -0.2) is 4.98 Å². The summed E-state index contributed by atoms with van der Waals surface area (Å²) in [5.41, 5.74) is 7.04. The molecule has 1 aromatic carbocycles. The van der Waals surface area contributed by atoms with Gasteiger partial charge in [-0.15, -0.1) is 11.8 Å². The van der Waals surface area contributed by atoms with Gasteiger partial charge in [0.2, 0.25) is 0 Å². The molecule has 0 amide bonds. The highest BCUT2D eigenvalue weighted by Gasteiger charge is 2.09. The number of rotatable bonds is 4. The van der Waals surface area contributed by atoms with Gasteiger partial charge in [-0.05, 0) is 24.0 Å². The topological polar surface area (TPSA) is 43.8 Å². The molecule has 0 unspecified atom stereocenters. The SMILES string of the molecule is CSc1cccc(Sc2nccn2C)c1CN. The number of aromatic nitrogens is 2. The van der Waals surface area contributed by atoms with Crippen molar-refractivity contribution in [3.8, 4) is 0 Å². The maximum Gasteiger partial charge on any atom is 0.172 e. The monoisotopic (exact) mass is 265 g/mol. The Kier molecular flexibility index (Phi) is 4.15. The summed E-state index contributed by atoms with van der Waals surface area (Å²) in [6.07, 6.45) is 5.83. The smallest absolute Gasteiger partial charge is 0.172 e. The van der Waals surface area contributed by atoms with Crippen LogP contribution in [0.2, 0.25) is 0 Å². The van der Waals surface area contributed by atoms with Crippen molar-refractivity contribution >= 4 is 23.5 Å². The molecule has 2 N–H and O–H groups in total. The Morgan fingerprint density at radius 1 is 1.35 bits per heavy atom. The maximum atomic E-state index is 5.84. The number of hydrogen-bond acceptors (Lipinski definition) is 4. The molecule has 0 aliphatic rings. The lowest BCUT2D eigenvalue weighted by Crippen LogP contribution is -2.01. The average Bonchev–Trinajstić information content (AvgIpc) is 2.74. The third-order valence-corrected chi connectivity index (χ3v) is 4.49. The Bertz CT molecular complexity index is 508. The maximum absolute atomic E-state index is 5.84. The fourth-order valence-electron chi connectivity index (χ4n) is 1.58. The molecule has 0 spiro atoms. The van der Waals surface area contributed by atoms with Crippen LogP contribution < -0.4 is 5.73 Å². The van der Waals surface area contributed by atoms with Crippen LogP contribution >= 0.6 is 23.5 Å². The minimum atomic E-state index is 0.559. The summed E-state index contributed by atoms with van der Waals surface area (Å²) in [4.78, 5) is 6.75. The summed E-state index contributed by atoms with van der Waals surface area (Å²) < 4.78 is 2.01. The normalized spacial score (nSPS) is 10.8. The Morgan fingerprint density at radius 3 is 2.71 bits per heavy atom. The van der Waals surface area contributed by atoms with Crippen molar-refractivity contribution in [2.24, 2.45) is 12.8 Å². The molecule has 0 radical (unpaired) electrons. The van der Waals surface area contributed by atoms with E-state index >= 15 is 0 Å². The summed E-state index contributed by atoms with van der Waals surface area (Å²) >= 11 is 3.39. The zero-order valence-corrected chi connectivity index (χ0v) is 11.5. The van der Waals surface area contributed by atoms with Crippen molar-refractivity contribution < 1.29 is 0 Å². The molecule has 2 aromatic rings. The number of thioether (sulfide) groups is 1. The summed E-state index contributed by atoms with van der Waals surface area (Å²) in [7, 11) is 2.00. The summed E-state index contributed by atoms with van der Waals surface area (Å²) in [5, 5.41) is 0.984. The highest BCUT2D eigenvalue weighted by Crippen LogP contribution is 2.33. The van der Waals surface area contributed by atoms with E-state index in [0.29, 0.717) is 6.54 Å².